The first kappa shape index (κ1) is 13.0. The maximum absolute atomic E-state index is 11.6. The molecule has 0 unspecified atom stereocenters. The van der Waals surface area contributed by atoms with Crippen molar-refractivity contribution in [3.63, 3.8) is 0 Å². The fraction of sp³-hybridized carbons (Fsp3) is 0.133. The van der Waals surface area contributed by atoms with Crippen LogP contribution in [0.4, 0.5) is 0 Å². The van der Waals surface area contributed by atoms with E-state index in [0.717, 1.165) is 17.1 Å². The molecule has 19 heavy (non-hydrogen) atoms. The van der Waals surface area contributed by atoms with Gasteiger partial charge in [-0.15, -0.1) is 0 Å². The number of rotatable bonds is 5. The number of hydrogen-bond donors (Lipinski definition) is 1. The minimum atomic E-state index is -0.160. The van der Waals surface area contributed by atoms with Crippen molar-refractivity contribution < 1.29 is 13.9 Å². The Bertz CT molecular complexity index is 541. The highest BCUT2D eigenvalue weighted by Crippen LogP contribution is 2.12. The van der Waals surface area contributed by atoms with Crippen LogP contribution in [-0.2, 0) is 11.3 Å². The summed E-state index contributed by atoms with van der Waals surface area (Å²) >= 11 is 0. The highest BCUT2D eigenvalue weighted by molar-refractivity contribution is 5.91. The summed E-state index contributed by atoms with van der Waals surface area (Å²) in [6.45, 7) is 0.388. The molecule has 0 radical (unpaired) electrons. The van der Waals surface area contributed by atoms with Gasteiger partial charge in [-0.2, -0.15) is 0 Å². The molecule has 0 aliphatic heterocycles. The Labute approximate surface area is 111 Å². The predicted molar refractivity (Wildman–Crippen MR) is 72.6 cm³/mol. The topological polar surface area (TPSA) is 51.5 Å². The number of furan rings is 1. The van der Waals surface area contributed by atoms with Crippen LogP contribution in [0.2, 0.25) is 0 Å². The summed E-state index contributed by atoms with van der Waals surface area (Å²) in [6, 6.07) is 11.1. The van der Waals surface area contributed by atoms with Crippen molar-refractivity contribution in [2.45, 2.75) is 6.54 Å². The summed E-state index contributed by atoms with van der Waals surface area (Å²) in [5.74, 6) is 1.36. The van der Waals surface area contributed by atoms with Crippen LogP contribution in [0, 0.1) is 0 Å². The third-order valence-corrected chi connectivity index (χ3v) is 2.56. The maximum atomic E-state index is 11.6. The van der Waals surface area contributed by atoms with Gasteiger partial charge < -0.3 is 14.5 Å². The molecule has 1 amide bonds. The van der Waals surface area contributed by atoms with Gasteiger partial charge in [-0.3, -0.25) is 4.79 Å². The standard InChI is InChI=1S/C15H15NO3/c1-18-13-7-4-12(5-8-13)6-9-15(17)16-11-14-3-2-10-19-14/h2-10H,11H2,1H3,(H,16,17)/b9-6+. The Morgan fingerprint density at radius 2 is 2.11 bits per heavy atom. The molecule has 1 N–H and O–H groups in total. The van der Waals surface area contributed by atoms with E-state index < -0.39 is 0 Å². The Morgan fingerprint density at radius 1 is 1.32 bits per heavy atom. The van der Waals surface area contributed by atoms with Gasteiger partial charge in [0.05, 0.1) is 19.9 Å². The van der Waals surface area contributed by atoms with E-state index in [9.17, 15) is 4.79 Å². The molecule has 0 fully saturated rings. The smallest absolute Gasteiger partial charge is 0.244 e. The fourth-order valence-electron chi connectivity index (χ4n) is 1.53. The minimum absolute atomic E-state index is 0.160. The SMILES string of the molecule is COc1ccc(/C=C/C(=O)NCc2ccco2)cc1. The van der Waals surface area contributed by atoms with Crippen LogP contribution in [0.15, 0.2) is 53.2 Å². The first-order chi connectivity index (χ1) is 9.28. The van der Waals surface area contributed by atoms with Gasteiger partial charge in [-0.1, -0.05) is 12.1 Å². The molecule has 2 rings (SSSR count). The van der Waals surface area contributed by atoms with Crippen molar-refractivity contribution in [2.75, 3.05) is 7.11 Å². The molecular formula is C15H15NO3. The van der Waals surface area contributed by atoms with Gasteiger partial charge in [0, 0.05) is 6.08 Å². The van der Waals surface area contributed by atoms with E-state index in [-0.39, 0.29) is 5.91 Å². The van der Waals surface area contributed by atoms with E-state index in [0.29, 0.717) is 6.54 Å². The number of nitrogens with one attached hydrogen (secondary N) is 1. The molecule has 4 heteroatoms. The molecule has 1 heterocycles. The van der Waals surface area contributed by atoms with Crippen LogP contribution < -0.4 is 10.1 Å². The van der Waals surface area contributed by atoms with Gasteiger partial charge in [-0.05, 0) is 35.9 Å². The Kier molecular flexibility index (Phi) is 4.39. The molecule has 0 atom stereocenters. The van der Waals surface area contributed by atoms with Crippen molar-refractivity contribution in [1.82, 2.24) is 5.32 Å². The first-order valence-corrected chi connectivity index (χ1v) is 5.90. The van der Waals surface area contributed by atoms with E-state index in [4.69, 9.17) is 9.15 Å². The summed E-state index contributed by atoms with van der Waals surface area (Å²) in [5.41, 5.74) is 0.939. The number of benzene rings is 1. The lowest BCUT2D eigenvalue weighted by Gasteiger charge is -2.00. The molecule has 2 aromatic rings. The van der Waals surface area contributed by atoms with E-state index >= 15 is 0 Å². The van der Waals surface area contributed by atoms with Crippen molar-refractivity contribution in [3.8, 4) is 5.75 Å². The third kappa shape index (κ3) is 4.03. The van der Waals surface area contributed by atoms with Gasteiger partial charge in [0.15, 0.2) is 0 Å². The molecule has 0 aliphatic carbocycles. The van der Waals surface area contributed by atoms with Gasteiger partial charge in [0.1, 0.15) is 11.5 Å². The second-order valence-corrected chi connectivity index (χ2v) is 3.90. The predicted octanol–water partition coefficient (Wildman–Crippen LogP) is 2.62. The fourth-order valence-corrected chi connectivity index (χ4v) is 1.53. The summed E-state index contributed by atoms with van der Waals surface area (Å²) in [6.07, 6.45) is 4.82. The lowest BCUT2D eigenvalue weighted by atomic mass is 10.2. The van der Waals surface area contributed by atoms with E-state index in [1.165, 1.54) is 6.08 Å². The molecule has 1 aromatic heterocycles. The number of ether oxygens (including phenoxy) is 1. The Balaban J connectivity index is 1.85. The zero-order valence-electron chi connectivity index (χ0n) is 10.6. The lowest BCUT2D eigenvalue weighted by molar-refractivity contribution is -0.116. The molecule has 1 aromatic carbocycles. The van der Waals surface area contributed by atoms with Gasteiger partial charge >= 0.3 is 0 Å². The molecule has 0 bridgehead atoms. The van der Waals surface area contributed by atoms with Gasteiger partial charge in [-0.25, -0.2) is 0 Å². The van der Waals surface area contributed by atoms with Crippen LogP contribution in [0.3, 0.4) is 0 Å². The normalized spacial score (nSPS) is 10.6. The number of hydrogen-bond acceptors (Lipinski definition) is 3. The summed E-state index contributed by atoms with van der Waals surface area (Å²) in [5, 5.41) is 2.73. The number of methoxy groups -OCH3 is 1. The Morgan fingerprint density at radius 3 is 2.74 bits per heavy atom. The maximum Gasteiger partial charge on any atom is 0.244 e. The van der Waals surface area contributed by atoms with Gasteiger partial charge in [0.2, 0.25) is 5.91 Å². The van der Waals surface area contributed by atoms with Crippen LogP contribution in [-0.4, -0.2) is 13.0 Å². The Hall–Kier alpha value is -2.49. The zero-order valence-corrected chi connectivity index (χ0v) is 10.6. The molecule has 4 nitrogen and oxygen atoms in total. The lowest BCUT2D eigenvalue weighted by Crippen LogP contribution is -2.19. The zero-order chi connectivity index (χ0) is 13.5. The monoisotopic (exact) mass is 257 g/mol. The highest BCUT2D eigenvalue weighted by Gasteiger charge is 1.98. The van der Waals surface area contributed by atoms with Crippen LogP contribution in [0.5, 0.6) is 5.75 Å². The van der Waals surface area contributed by atoms with E-state index in [1.54, 1.807) is 25.5 Å². The second-order valence-electron chi connectivity index (χ2n) is 3.90. The quantitative estimate of drug-likeness (QED) is 0.838. The van der Waals surface area contributed by atoms with Crippen LogP contribution in [0.1, 0.15) is 11.3 Å². The molecule has 0 saturated heterocycles. The summed E-state index contributed by atoms with van der Waals surface area (Å²) in [7, 11) is 1.62. The van der Waals surface area contributed by atoms with Gasteiger partial charge in [0.25, 0.3) is 0 Å². The van der Waals surface area contributed by atoms with E-state index in [2.05, 4.69) is 5.32 Å². The van der Waals surface area contributed by atoms with Crippen molar-refractivity contribution in [2.24, 2.45) is 0 Å². The minimum Gasteiger partial charge on any atom is -0.497 e. The third-order valence-electron chi connectivity index (χ3n) is 2.56. The first-order valence-electron chi connectivity index (χ1n) is 5.90. The molecule has 0 aliphatic rings. The van der Waals surface area contributed by atoms with Crippen molar-refractivity contribution >= 4 is 12.0 Å². The van der Waals surface area contributed by atoms with Crippen molar-refractivity contribution in [3.05, 3.63) is 60.1 Å². The summed E-state index contributed by atoms with van der Waals surface area (Å²) < 4.78 is 10.2. The summed E-state index contributed by atoms with van der Waals surface area (Å²) in [4.78, 5) is 11.6. The van der Waals surface area contributed by atoms with E-state index in [1.807, 2.05) is 30.3 Å². The second kappa shape index (κ2) is 6.44. The molecular weight excluding hydrogens is 242 g/mol. The highest BCUT2D eigenvalue weighted by atomic mass is 16.5. The van der Waals surface area contributed by atoms with Crippen LogP contribution in [0.25, 0.3) is 6.08 Å². The number of carbonyl (C=O) groups is 1. The molecule has 98 valence electrons. The number of amides is 1. The molecule has 0 spiro atoms. The van der Waals surface area contributed by atoms with Crippen molar-refractivity contribution in [1.29, 1.82) is 0 Å². The largest absolute Gasteiger partial charge is 0.497 e. The average molecular weight is 257 g/mol. The number of carbonyl (C=O) groups excluding carboxylic acids is 1. The average Bonchev–Trinajstić information content (AvgIpc) is 2.96. The molecule has 0 saturated carbocycles. The van der Waals surface area contributed by atoms with Crippen LogP contribution >= 0.6 is 0 Å².